The van der Waals surface area contributed by atoms with E-state index in [1.807, 2.05) is 11.6 Å². The van der Waals surface area contributed by atoms with Gasteiger partial charge in [-0.1, -0.05) is 48.3 Å². The number of amides is 2. The number of rotatable bonds is 6. The average molecular weight is 543 g/mol. The van der Waals surface area contributed by atoms with Crippen molar-refractivity contribution in [2.45, 2.75) is 43.4 Å². The van der Waals surface area contributed by atoms with E-state index < -0.39 is 21.3 Å². The highest BCUT2D eigenvalue weighted by atomic mass is 35.5. The second-order valence-electron chi connectivity index (χ2n) is 8.56. The van der Waals surface area contributed by atoms with Crippen LogP contribution in [0.1, 0.15) is 38.2 Å². The van der Waals surface area contributed by atoms with Gasteiger partial charge in [0, 0.05) is 23.6 Å². The number of carbonyl (C=O) groups excluding carboxylic acids is 2. The van der Waals surface area contributed by atoms with Crippen LogP contribution in [0.25, 0.3) is 0 Å². The van der Waals surface area contributed by atoms with Crippen molar-refractivity contribution in [1.82, 2.24) is 9.62 Å². The van der Waals surface area contributed by atoms with Crippen LogP contribution in [0.2, 0.25) is 9.36 Å². The van der Waals surface area contributed by atoms with Crippen LogP contribution in [0, 0.1) is 11.2 Å². The monoisotopic (exact) mass is 542 g/mol. The van der Waals surface area contributed by atoms with Crippen LogP contribution < -0.4 is 4.72 Å². The molecule has 1 aromatic heterocycles. The first-order valence-electron chi connectivity index (χ1n) is 10.5. The zero-order valence-electron chi connectivity index (χ0n) is 18.1. The number of allylic oxidation sites excluding steroid dienone is 3. The Morgan fingerprint density at radius 2 is 2.09 bits per heavy atom. The molecule has 0 bridgehead atoms. The molecule has 1 unspecified atom stereocenters. The van der Waals surface area contributed by atoms with E-state index in [2.05, 4.69) is 0 Å². The van der Waals surface area contributed by atoms with Gasteiger partial charge in [-0.05, 0) is 48.6 Å². The molecule has 1 atom stereocenters. The maximum atomic E-state index is 13.7. The minimum Gasteiger partial charge on any atom is -0.311 e. The van der Waals surface area contributed by atoms with E-state index in [9.17, 15) is 22.4 Å². The van der Waals surface area contributed by atoms with Crippen LogP contribution in [0.4, 0.5) is 4.39 Å². The predicted molar refractivity (Wildman–Crippen MR) is 129 cm³/mol. The van der Waals surface area contributed by atoms with Crippen LogP contribution in [-0.4, -0.2) is 25.1 Å². The van der Waals surface area contributed by atoms with Gasteiger partial charge in [0.05, 0.1) is 11.6 Å². The summed E-state index contributed by atoms with van der Waals surface area (Å²) in [4.78, 5) is 27.0. The van der Waals surface area contributed by atoms with E-state index >= 15 is 0 Å². The topological polar surface area (TPSA) is 83.6 Å². The summed E-state index contributed by atoms with van der Waals surface area (Å²) < 4.78 is 40.5. The third-order valence-corrected chi connectivity index (χ3v) is 9.64. The largest absolute Gasteiger partial charge is 0.311 e. The summed E-state index contributed by atoms with van der Waals surface area (Å²) in [5.41, 5.74) is 1.86. The highest BCUT2D eigenvalue weighted by molar-refractivity contribution is 7.92. The third kappa shape index (κ3) is 5.07. The van der Waals surface area contributed by atoms with Crippen molar-refractivity contribution in [3.05, 3.63) is 74.5 Å². The highest BCUT2D eigenvalue weighted by Gasteiger charge is 2.46. The second-order valence-corrected chi connectivity index (χ2v) is 12.5. The molecule has 1 N–H and O–H groups in total. The lowest BCUT2D eigenvalue weighted by Crippen LogP contribution is -2.29. The molecule has 0 radical (unpaired) electrons. The predicted octanol–water partition coefficient (Wildman–Crippen LogP) is 5.43. The summed E-state index contributed by atoms with van der Waals surface area (Å²) in [5.74, 6) is -1.27. The van der Waals surface area contributed by atoms with E-state index in [-0.39, 0.29) is 31.8 Å². The molecule has 4 rings (SSSR count). The molecule has 2 aliphatic rings. The fourth-order valence-electron chi connectivity index (χ4n) is 4.52. The SMILES string of the molecule is CC12CCCC(/C=C/C(=O)NS(=O)(=O)c3cc(Cl)c(Cl)s3)=C1N(Cc1cccc(F)c1)C(=O)C2. The number of benzene rings is 1. The summed E-state index contributed by atoms with van der Waals surface area (Å²) in [7, 11) is -4.13. The Balaban J connectivity index is 1.59. The normalized spacial score (nSPS) is 20.8. The Labute approximate surface area is 211 Å². The Morgan fingerprint density at radius 3 is 2.76 bits per heavy atom. The van der Waals surface area contributed by atoms with Crippen LogP contribution in [0.3, 0.4) is 0 Å². The molecule has 1 aliphatic heterocycles. The summed E-state index contributed by atoms with van der Waals surface area (Å²) in [5, 5.41) is 0.0905. The summed E-state index contributed by atoms with van der Waals surface area (Å²) >= 11 is 12.4. The van der Waals surface area contributed by atoms with Gasteiger partial charge in [0.15, 0.2) is 0 Å². The lowest BCUT2D eigenvalue weighted by atomic mass is 9.74. The highest BCUT2D eigenvalue weighted by Crippen LogP contribution is 2.50. The number of sulfonamides is 1. The summed E-state index contributed by atoms with van der Waals surface area (Å²) in [6.07, 6.45) is 5.30. The van der Waals surface area contributed by atoms with Gasteiger partial charge in [0.1, 0.15) is 14.4 Å². The first-order chi connectivity index (χ1) is 16.0. The first-order valence-corrected chi connectivity index (χ1v) is 13.5. The summed E-state index contributed by atoms with van der Waals surface area (Å²) in [6, 6.07) is 7.27. The van der Waals surface area contributed by atoms with Crippen LogP contribution in [0.5, 0.6) is 0 Å². The molecule has 180 valence electrons. The lowest BCUT2D eigenvalue weighted by Gasteiger charge is -2.34. The molecule has 1 saturated heterocycles. The maximum Gasteiger partial charge on any atom is 0.273 e. The van der Waals surface area contributed by atoms with Crippen molar-refractivity contribution in [2.75, 3.05) is 0 Å². The Bertz CT molecular complexity index is 1320. The molecular formula is C23H21Cl2FN2O4S2. The van der Waals surface area contributed by atoms with Gasteiger partial charge in [-0.2, -0.15) is 0 Å². The lowest BCUT2D eigenvalue weighted by molar-refractivity contribution is -0.127. The molecule has 34 heavy (non-hydrogen) atoms. The van der Waals surface area contributed by atoms with Gasteiger partial charge in [0.25, 0.3) is 15.9 Å². The Kier molecular flexibility index (Phi) is 6.92. The number of carbonyl (C=O) groups is 2. The van der Waals surface area contributed by atoms with Crippen LogP contribution in [-0.2, 0) is 26.2 Å². The molecule has 6 nitrogen and oxygen atoms in total. The number of nitrogens with zero attached hydrogens (tertiary/aromatic N) is 1. The standard InChI is InChI=1S/C23H21Cl2FN2O4S2/c1-23-9-3-5-15(7-8-18(29)27-34(31,32)20-11-17(24)22(25)33-20)21(23)28(19(30)12-23)13-14-4-2-6-16(26)10-14/h2,4,6-8,10-11H,3,5,9,12-13H2,1H3,(H,27,29)/b8-7+. The van der Waals surface area contributed by atoms with Crippen LogP contribution >= 0.6 is 34.5 Å². The molecule has 2 heterocycles. The van der Waals surface area contributed by atoms with Gasteiger partial charge in [-0.25, -0.2) is 17.5 Å². The van der Waals surface area contributed by atoms with E-state index in [1.54, 1.807) is 23.1 Å². The molecule has 1 fully saturated rings. The molecule has 1 aliphatic carbocycles. The van der Waals surface area contributed by atoms with Crippen molar-refractivity contribution in [1.29, 1.82) is 0 Å². The number of fused-ring (bicyclic) bond motifs is 1. The van der Waals surface area contributed by atoms with Gasteiger partial charge in [-0.3, -0.25) is 9.59 Å². The van der Waals surface area contributed by atoms with Crippen molar-refractivity contribution in [3.63, 3.8) is 0 Å². The van der Waals surface area contributed by atoms with Gasteiger partial charge in [-0.15, -0.1) is 11.3 Å². The van der Waals surface area contributed by atoms with Crippen molar-refractivity contribution in [3.8, 4) is 0 Å². The molecule has 1 aromatic carbocycles. The minimum atomic E-state index is -4.13. The molecule has 2 amide bonds. The van der Waals surface area contributed by atoms with E-state index in [0.717, 1.165) is 41.5 Å². The Morgan fingerprint density at radius 1 is 1.32 bits per heavy atom. The molecule has 2 aromatic rings. The van der Waals surface area contributed by atoms with Crippen LogP contribution in [0.15, 0.2) is 58.0 Å². The number of likely N-dealkylation sites (tertiary alicyclic amines) is 1. The summed E-state index contributed by atoms with van der Waals surface area (Å²) in [6.45, 7) is 2.23. The quantitative estimate of drug-likeness (QED) is 0.493. The number of hydrogen-bond donors (Lipinski definition) is 1. The number of hydrogen-bond acceptors (Lipinski definition) is 5. The molecular weight excluding hydrogens is 522 g/mol. The van der Waals surface area contributed by atoms with Crippen molar-refractivity contribution in [2.24, 2.45) is 5.41 Å². The fraction of sp³-hybridized carbons (Fsp3) is 0.304. The zero-order chi connectivity index (χ0) is 24.7. The second kappa shape index (κ2) is 9.45. The average Bonchev–Trinajstić information content (AvgIpc) is 3.22. The smallest absolute Gasteiger partial charge is 0.273 e. The zero-order valence-corrected chi connectivity index (χ0v) is 21.3. The molecule has 0 saturated carbocycles. The van der Waals surface area contributed by atoms with Crippen molar-refractivity contribution < 1.29 is 22.4 Å². The van der Waals surface area contributed by atoms with E-state index in [1.165, 1.54) is 18.2 Å². The maximum absolute atomic E-state index is 13.7. The van der Waals surface area contributed by atoms with E-state index in [4.69, 9.17) is 23.2 Å². The van der Waals surface area contributed by atoms with E-state index in [0.29, 0.717) is 18.4 Å². The van der Waals surface area contributed by atoms with Gasteiger partial charge < -0.3 is 4.90 Å². The van der Waals surface area contributed by atoms with Gasteiger partial charge in [0.2, 0.25) is 5.91 Å². The molecule has 0 spiro atoms. The van der Waals surface area contributed by atoms with Gasteiger partial charge >= 0.3 is 0 Å². The Hall–Kier alpha value is -2.20. The first kappa shape index (κ1) is 24.9. The third-order valence-electron chi connectivity index (χ3n) is 5.95. The molecule has 11 heteroatoms. The fourth-order valence-corrected chi connectivity index (χ4v) is 7.34. The number of halogens is 3. The number of thiophene rings is 1. The van der Waals surface area contributed by atoms with Crippen molar-refractivity contribution >= 4 is 56.4 Å². The number of nitrogens with one attached hydrogen (secondary N) is 1. The minimum absolute atomic E-state index is 0.0620.